The van der Waals surface area contributed by atoms with Crippen LogP contribution in [0.1, 0.15) is 5.56 Å². The molecule has 0 aliphatic carbocycles. The first-order chi connectivity index (χ1) is 10.3. The van der Waals surface area contributed by atoms with Crippen LogP contribution in [0.15, 0.2) is 18.2 Å². The molecule has 120 valence electrons. The Labute approximate surface area is 132 Å². The normalized spacial score (nSPS) is 10.0. The van der Waals surface area contributed by atoms with Crippen LogP contribution in [-0.4, -0.2) is 49.9 Å². The van der Waals surface area contributed by atoms with E-state index in [1.54, 1.807) is 0 Å². The molecule has 8 heteroatoms. The van der Waals surface area contributed by atoms with Gasteiger partial charge in [-0.2, -0.15) is 0 Å². The molecular formula is C14H16ClFN2O4. The fourth-order valence-corrected chi connectivity index (χ4v) is 1.76. The lowest BCUT2D eigenvalue weighted by Gasteiger charge is -2.16. The van der Waals surface area contributed by atoms with Gasteiger partial charge in [0.1, 0.15) is 5.82 Å². The molecule has 22 heavy (non-hydrogen) atoms. The highest BCUT2D eigenvalue weighted by Crippen LogP contribution is 2.19. The van der Waals surface area contributed by atoms with Crippen molar-refractivity contribution >= 4 is 29.4 Å². The van der Waals surface area contributed by atoms with Crippen LogP contribution in [0.4, 0.5) is 4.39 Å². The van der Waals surface area contributed by atoms with Crippen LogP contribution in [0.25, 0.3) is 0 Å². The maximum Gasteiger partial charge on any atom is 0.310 e. The lowest BCUT2D eigenvalue weighted by Crippen LogP contribution is -2.39. The SMILES string of the molecule is CNC(=O)CN(C)C(=O)COC(=O)Cc1c(F)cccc1Cl. The summed E-state index contributed by atoms with van der Waals surface area (Å²) >= 11 is 5.79. The Morgan fingerprint density at radius 3 is 2.64 bits per heavy atom. The standard InChI is InChI=1S/C14H16ClFN2O4/c1-17-12(19)7-18(2)13(20)8-22-14(21)6-9-10(15)4-3-5-11(9)16/h3-5H,6-8H2,1-2H3,(H,17,19). The summed E-state index contributed by atoms with van der Waals surface area (Å²) in [5.74, 6) is -2.29. The van der Waals surface area contributed by atoms with Gasteiger partial charge in [-0.05, 0) is 12.1 Å². The van der Waals surface area contributed by atoms with Gasteiger partial charge in [-0.15, -0.1) is 0 Å². The van der Waals surface area contributed by atoms with Crippen molar-refractivity contribution in [3.05, 3.63) is 34.6 Å². The van der Waals surface area contributed by atoms with E-state index in [1.807, 2.05) is 0 Å². The molecule has 6 nitrogen and oxygen atoms in total. The summed E-state index contributed by atoms with van der Waals surface area (Å²) in [5, 5.41) is 2.47. The van der Waals surface area contributed by atoms with Gasteiger partial charge in [0.25, 0.3) is 5.91 Å². The molecule has 0 radical (unpaired) electrons. The molecule has 1 N–H and O–H groups in total. The molecule has 0 aliphatic rings. The molecule has 0 aliphatic heterocycles. The van der Waals surface area contributed by atoms with E-state index < -0.39 is 24.3 Å². The highest BCUT2D eigenvalue weighted by molar-refractivity contribution is 6.31. The summed E-state index contributed by atoms with van der Waals surface area (Å²) in [4.78, 5) is 35.5. The minimum absolute atomic E-state index is 0.0142. The van der Waals surface area contributed by atoms with Crippen LogP contribution >= 0.6 is 11.6 Å². The van der Waals surface area contributed by atoms with Gasteiger partial charge >= 0.3 is 5.97 Å². The quantitative estimate of drug-likeness (QED) is 0.782. The van der Waals surface area contributed by atoms with Crippen LogP contribution in [-0.2, 0) is 25.5 Å². The zero-order valence-corrected chi connectivity index (χ0v) is 12.9. The van der Waals surface area contributed by atoms with Crippen LogP contribution in [0.5, 0.6) is 0 Å². The Morgan fingerprint density at radius 1 is 1.36 bits per heavy atom. The Hall–Kier alpha value is -2.15. The minimum atomic E-state index is -0.784. The number of ether oxygens (including phenoxy) is 1. The average Bonchev–Trinajstić information content (AvgIpc) is 2.48. The summed E-state index contributed by atoms with van der Waals surface area (Å²) in [6, 6.07) is 4.05. The number of nitrogens with zero attached hydrogens (tertiary/aromatic N) is 1. The highest BCUT2D eigenvalue weighted by atomic mass is 35.5. The van der Waals surface area contributed by atoms with Crippen molar-refractivity contribution in [3.63, 3.8) is 0 Å². The number of halogens is 2. The Bertz CT molecular complexity index is 560. The van der Waals surface area contributed by atoms with E-state index in [9.17, 15) is 18.8 Å². The zero-order chi connectivity index (χ0) is 16.7. The average molecular weight is 331 g/mol. The van der Waals surface area contributed by atoms with Crippen molar-refractivity contribution in [2.24, 2.45) is 0 Å². The molecule has 1 aromatic rings. The number of rotatable bonds is 6. The second-order valence-corrected chi connectivity index (χ2v) is 4.87. The fraction of sp³-hybridized carbons (Fsp3) is 0.357. The maximum absolute atomic E-state index is 13.5. The van der Waals surface area contributed by atoms with Crippen LogP contribution in [0.2, 0.25) is 5.02 Å². The molecule has 0 saturated heterocycles. The topological polar surface area (TPSA) is 75.7 Å². The van der Waals surface area contributed by atoms with Crippen LogP contribution in [0.3, 0.4) is 0 Å². The molecule has 2 amide bonds. The predicted molar refractivity (Wildman–Crippen MR) is 77.8 cm³/mol. The van der Waals surface area contributed by atoms with E-state index in [1.165, 1.54) is 32.3 Å². The molecular weight excluding hydrogens is 315 g/mol. The third kappa shape index (κ3) is 5.33. The van der Waals surface area contributed by atoms with Crippen molar-refractivity contribution in [2.45, 2.75) is 6.42 Å². The van der Waals surface area contributed by atoms with Gasteiger partial charge < -0.3 is 15.0 Å². The minimum Gasteiger partial charge on any atom is -0.455 e. The van der Waals surface area contributed by atoms with E-state index in [0.29, 0.717) is 0 Å². The zero-order valence-electron chi connectivity index (χ0n) is 12.2. The van der Waals surface area contributed by atoms with E-state index in [-0.39, 0.29) is 29.5 Å². The molecule has 0 aromatic heterocycles. The van der Waals surface area contributed by atoms with Gasteiger partial charge in [0, 0.05) is 24.7 Å². The van der Waals surface area contributed by atoms with Crippen molar-refractivity contribution in [3.8, 4) is 0 Å². The number of likely N-dealkylation sites (N-methyl/N-ethyl adjacent to an activating group) is 2. The van der Waals surface area contributed by atoms with Crippen molar-refractivity contribution < 1.29 is 23.5 Å². The first-order valence-electron chi connectivity index (χ1n) is 6.38. The number of hydrogen-bond acceptors (Lipinski definition) is 4. The van der Waals surface area contributed by atoms with Gasteiger partial charge in [0.05, 0.1) is 13.0 Å². The number of benzene rings is 1. The number of esters is 1. The summed E-state index contributed by atoms with van der Waals surface area (Å²) in [7, 11) is 2.85. The second kappa shape index (κ2) is 8.33. The molecule has 0 fully saturated rings. The molecule has 0 atom stereocenters. The molecule has 0 spiro atoms. The highest BCUT2D eigenvalue weighted by Gasteiger charge is 2.17. The largest absolute Gasteiger partial charge is 0.455 e. The number of amides is 2. The molecule has 0 bridgehead atoms. The molecule has 0 unspecified atom stereocenters. The molecule has 1 rings (SSSR count). The summed E-state index contributed by atoms with van der Waals surface area (Å²) in [6.07, 6.45) is -0.377. The number of nitrogens with one attached hydrogen (secondary N) is 1. The van der Waals surface area contributed by atoms with Crippen molar-refractivity contribution in [1.29, 1.82) is 0 Å². The van der Waals surface area contributed by atoms with Crippen molar-refractivity contribution in [2.75, 3.05) is 27.2 Å². The fourth-order valence-electron chi connectivity index (χ4n) is 1.53. The Morgan fingerprint density at radius 2 is 2.05 bits per heavy atom. The maximum atomic E-state index is 13.5. The molecule has 0 saturated carbocycles. The van der Waals surface area contributed by atoms with E-state index in [0.717, 1.165) is 4.90 Å². The summed E-state index contributed by atoms with van der Waals surface area (Å²) < 4.78 is 18.3. The van der Waals surface area contributed by atoms with E-state index in [4.69, 9.17) is 16.3 Å². The Kier molecular flexibility index (Phi) is 6.78. The second-order valence-electron chi connectivity index (χ2n) is 4.46. The first kappa shape index (κ1) is 17.9. The summed E-state index contributed by atoms with van der Waals surface area (Å²) in [5.41, 5.74) is 0.0142. The van der Waals surface area contributed by atoms with Crippen LogP contribution in [0, 0.1) is 5.82 Å². The number of hydrogen-bond donors (Lipinski definition) is 1. The lowest BCUT2D eigenvalue weighted by molar-refractivity contribution is -0.151. The van der Waals surface area contributed by atoms with E-state index >= 15 is 0 Å². The predicted octanol–water partition coefficient (Wildman–Crippen LogP) is 0.769. The third-order valence-corrected chi connectivity index (χ3v) is 3.18. The number of carbonyl (C=O) groups is 3. The first-order valence-corrected chi connectivity index (χ1v) is 6.76. The Balaban J connectivity index is 2.49. The monoisotopic (exact) mass is 330 g/mol. The smallest absolute Gasteiger partial charge is 0.310 e. The summed E-state index contributed by atoms with van der Waals surface area (Å²) in [6.45, 7) is -0.676. The van der Waals surface area contributed by atoms with Gasteiger partial charge in [0.15, 0.2) is 6.61 Å². The molecule has 1 aromatic carbocycles. The van der Waals surface area contributed by atoms with Gasteiger partial charge in [-0.25, -0.2) is 4.39 Å². The van der Waals surface area contributed by atoms with Gasteiger partial charge in [-0.1, -0.05) is 17.7 Å². The van der Waals surface area contributed by atoms with Gasteiger partial charge in [-0.3, -0.25) is 14.4 Å². The number of carbonyl (C=O) groups excluding carboxylic acids is 3. The molecule has 0 heterocycles. The third-order valence-electron chi connectivity index (χ3n) is 2.82. The van der Waals surface area contributed by atoms with Crippen LogP contribution < -0.4 is 5.32 Å². The van der Waals surface area contributed by atoms with E-state index in [2.05, 4.69) is 5.32 Å². The van der Waals surface area contributed by atoms with Crippen molar-refractivity contribution in [1.82, 2.24) is 10.2 Å². The van der Waals surface area contributed by atoms with Gasteiger partial charge in [0.2, 0.25) is 5.91 Å². The lowest BCUT2D eigenvalue weighted by atomic mass is 10.1.